The molecule has 2 heteroatoms. The van der Waals surface area contributed by atoms with E-state index in [9.17, 15) is 0 Å². The zero-order chi connectivity index (χ0) is 10.8. The number of piperidine rings is 1. The molecule has 0 aromatic carbocycles. The summed E-state index contributed by atoms with van der Waals surface area (Å²) in [6.45, 7) is 11.0. The highest BCUT2D eigenvalue weighted by Crippen LogP contribution is 2.24. The summed E-state index contributed by atoms with van der Waals surface area (Å²) in [6, 6.07) is 1.56. The van der Waals surface area contributed by atoms with Crippen molar-refractivity contribution in [3.63, 3.8) is 0 Å². The summed E-state index contributed by atoms with van der Waals surface area (Å²) in [5, 5.41) is 3.67. The van der Waals surface area contributed by atoms with E-state index < -0.39 is 0 Å². The molecule has 0 radical (unpaired) electrons. The van der Waals surface area contributed by atoms with Crippen molar-refractivity contribution in [2.24, 2.45) is 11.8 Å². The maximum atomic E-state index is 3.67. The quantitative estimate of drug-likeness (QED) is 0.751. The first-order valence-electron chi connectivity index (χ1n) is 6.62. The van der Waals surface area contributed by atoms with E-state index in [1.54, 1.807) is 0 Å². The number of rotatable bonds is 2. The highest BCUT2D eigenvalue weighted by molar-refractivity contribution is 4.86. The van der Waals surface area contributed by atoms with Crippen LogP contribution in [0.4, 0.5) is 0 Å². The zero-order valence-electron chi connectivity index (χ0n) is 10.5. The average molecular weight is 210 g/mol. The van der Waals surface area contributed by atoms with Crippen LogP contribution < -0.4 is 5.32 Å². The van der Waals surface area contributed by atoms with E-state index in [-0.39, 0.29) is 0 Å². The molecule has 2 nitrogen and oxygen atoms in total. The first-order chi connectivity index (χ1) is 7.15. The summed E-state index contributed by atoms with van der Waals surface area (Å²) in [5.74, 6) is 1.83. The molecule has 0 spiro atoms. The monoisotopic (exact) mass is 210 g/mol. The Bertz CT molecular complexity index is 205. The number of nitrogens with zero attached hydrogens (tertiary/aromatic N) is 1. The lowest BCUT2D eigenvalue weighted by molar-refractivity contribution is 0.199. The van der Waals surface area contributed by atoms with Crippen LogP contribution in [0.15, 0.2) is 0 Å². The van der Waals surface area contributed by atoms with Gasteiger partial charge >= 0.3 is 0 Å². The molecule has 0 saturated carbocycles. The van der Waals surface area contributed by atoms with Crippen LogP contribution in [0.5, 0.6) is 0 Å². The van der Waals surface area contributed by atoms with Gasteiger partial charge in [0.25, 0.3) is 0 Å². The van der Waals surface area contributed by atoms with E-state index in [1.807, 2.05) is 0 Å². The lowest BCUT2D eigenvalue weighted by atomic mass is 9.94. The molecule has 4 atom stereocenters. The lowest BCUT2D eigenvalue weighted by Crippen LogP contribution is -2.46. The fraction of sp³-hybridized carbons (Fsp3) is 1.00. The number of nitrogens with one attached hydrogen (secondary N) is 1. The van der Waals surface area contributed by atoms with Crippen LogP contribution in [-0.4, -0.2) is 36.6 Å². The summed E-state index contributed by atoms with van der Waals surface area (Å²) >= 11 is 0. The Morgan fingerprint density at radius 3 is 2.53 bits per heavy atom. The van der Waals surface area contributed by atoms with Gasteiger partial charge in [-0.25, -0.2) is 0 Å². The molecular formula is C13H26N2. The molecular weight excluding hydrogens is 184 g/mol. The van der Waals surface area contributed by atoms with Gasteiger partial charge in [0.15, 0.2) is 0 Å². The van der Waals surface area contributed by atoms with Crippen molar-refractivity contribution in [3.8, 4) is 0 Å². The summed E-state index contributed by atoms with van der Waals surface area (Å²) < 4.78 is 0. The Hall–Kier alpha value is -0.0800. The summed E-state index contributed by atoms with van der Waals surface area (Å²) in [7, 11) is 0. The molecule has 0 aromatic rings. The van der Waals surface area contributed by atoms with Gasteiger partial charge in [0, 0.05) is 25.2 Å². The highest BCUT2D eigenvalue weighted by atomic mass is 15.2. The minimum absolute atomic E-state index is 0.751. The van der Waals surface area contributed by atoms with E-state index in [4.69, 9.17) is 0 Å². The molecule has 2 saturated heterocycles. The summed E-state index contributed by atoms with van der Waals surface area (Å²) in [4.78, 5) is 2.68. The van der Waals surface area contributed by atoms with Gasteiger partial charge in [-0.15, -0.1) is 0 Å². The van der Waals surface area contributed by atoms with Crippen LogP contribution in [-0.2, 0) is 0 Å². The Kier molecular flexibility index (Phi) is 3.68. The first kappa shape index (κ1) is 11.4. The molecule has 4 unspecified atom stereocenters. The lowest BCUT2D eigenvalue weighted by Gasteiger charge is -2.33. The molecule has 0 bridgehead atoms. The minimum atomic E-state index is 0.751. The van der Waals surface area contributed by atoms with Gasteiger partial charge in [0.2, 0.25) is 0 Å². The van der Waals surface area contributed by atoms with Crippen molar-refractivity contribution < 1.29 is 0 Å². The molecule has 2 aliphatic rings. The summed E-state index contributed by atoms with van der Waals surface area (Å²) in [6.07, 6.45) is 4.13. The molecule has 88 valence electrons. The Balaban J connectivity index is 1.80. The minimum Gasteiger partial charge on any atom is -0.313 e. The third-order valence-electron chi connectivity index (χ3n) is 4.12. The Labute approximate surface area is 94.4 Å². The van der Waals surface area contributed by atoms with Gasteiger partial charge in [0.05, 0.1) is 0 Å². The Morgan fingerprint density at radius 2 is 1.93 bits per heavy atom. The van der Waals surface area contributed by atoms with Crippen molar-refractivity contribution in [1.82, 2.24) is 10.2 Å². The topological polar surface area (TPSA) is 15.3 Å². The van der Waals surface area contributed by atoms with Crippen molar-refractivity contribution in [2.75, 3.05) is 19.6 Å². The van der Waals surface area contributed by atoms with E-state index in [0.29, 0.717) is 0 Å². The molecule has 2 rings (SSSR count). The first-order valence-corrected chi connectivity index (χ1v) is 6.62. The van der Waals surface area contributed by atoms with Gasteiger partial charge in [-0.2, -0.15) is 0 Å². The van der Waals surface area contributed by atoms with Crippen molar-refractivity contribution in [3.05, 3.63) is 0 Å². The molecule has 1 N–H and O–H groups in total. The standard InChI is InChI=1S/C13H26N2/c1-10-4-5-14-13(7-10)9-15-8-11(2)6-12(15)3/h10-14H,4-9H2,1-3H3. The highest BCUT2D eigenvalue weighted by Gasteiger charge is 2.29. The van der Waals surface area contributed by atoms with Crippen LogP contribution in [0.2, 0.25) is 0 Å². The normalized spacial score (nSPS) is 43.4. The van der Waals surface area contributed by atoms with Gasteiger partial charge in [-0.05, 0) is 44.6 Å². The van der Waals surface area contributed by atoms with E-state index in [0.717, 1.165) is 23.9 Å². The van der Waals surface area contributed by atoms with E-state index in [2.05, 4.69) is 31.0 Å². The zero-order valence-corrected chi connectivity index (χ0v) is 10.5. The molecule has 15 heavy (non-hydrogen) atoms. The molecule has 0 amide bonds. The predicted molar refractivity (Wildman–Crippen MR) is 65.0 cm³/mol. The second-order valence-corrected chi connectivity index (χ2v) is 5.92. The second-order valence-electron chi connectivity index (χ2n) is 5.92. The molecule has 2 heterocycles. The maximum absolute atomic E-state index is 3.67. The largest absolute Gasteiger partial charge is 0.313 e. The fourth-order valence-electron chi connectivity index (χ4n) is 3.28. The third kappa shape index (κ3) is 2.94. The van der Waals surface area contributed by atoms with Crippen molar-refractivity contribution >= 4 is 0 Å². The van der Waals surface area contributed by atoms with Gasteiger partial charge in [0.1, 0.15) is 0 Å². The molecule has 2 aliphatic heterocycles. The Morgan fingerprint density at radius 1 is 1.13 bits per heavy atom. The molecule has 0 aromatic heterocycles. The SMILES string of the molecule is CC1CCNC(CN2CC(C)CC2C)C1. The number of hydrogen-bond donors (Lipinski definition) is 1. The van der Waals surface area contributed by atoms with Crippen LogP contribution >= 0.6 is 0 Å². The van der Waals surface area contributed by atoms with Crippen molar-refractivity contribution in [1.29, 1.82) is 0 Å². The van der Waals surface area contributed by atoms with E-state index >= 15 is 0 Å². The predicted octanol–water partition coefficient (Wildman–Crippen LogP) is 2.10. The second kappa shape index (κ2) is 4.84. The third-order valence-corrected chi connectivity index (χ3v) is 4.12. The summed E-state index contributed by atoms with van der Waals surface area (Å²) in [5.41, 5.74) is 0. The maximum Gasteiger partial charge on any atom is 0.0197 e. The van der Waals surface area contributed by atoms with E-state index in [1.165, 1.54) is 38.9 Å². The van der Waals surface area contributed by atoms with Crippen LogP contribution in [0.25, 0.3) is 0 Å². The van der Waals surface area contributed by atoms with Crippen LogP contribution in [0.3, 0.4) is 0 Å². The van der Waals surface area contributed by atoms with Crippen LogP contribution in [0, 0.1) is 11.8 Å². The fourth-order valence-corrected chi connectivity index (χ4v) is 3.28. The van der Waals surface area contributed by atoms with Gasteiger partial charge < -0.3 is 5.32 Å². The van der Waals surface area contributed by atoms with Gasteiger partial charge in [-0.3, -0.25) is 4.90 Å². The van der Waals surface area contributed by atoms with Gasteiger partial charge in [-0.1, -0.05) is 13.8 Å². The molecule has 2 fully saturated rings. The van der Waals surface area contributed by atoms with Crippen LogP contribution in [0.1, 0.15) is 40.0 Å². The smallest absolute Gasteiger partial charge is 0.0197 e. The average Bonchev–Trinajstić information content (AvgIpc) is 2.45. The van der Waals surface area contributed by atoms with Crippen molar-refractivity contribution in [2.45, 2.75) is 52.1 Å². The molecule has 0 aliphatic carbocycles. The number of likely N-dealkylation sites (tertiary alicyclic amines) is 1. The number of hydrogen-bond acceptors (Lipinski definition) is 2.